The number of hydrogen-bond acceptors (Lipinski definition) is 4. The number of aliphatic carboxylic acids is 1. The van der Waals surface area contributed by atoms with E-state index in [2.05, 4.69) is 5.32 Å². The highest BCUT2D eigenvalue weighted by atomic mass is 16.6. The van der Waals surface area contributed by atoms with Gasteiger partial charge in [0, 0.05) is 11.6 Å². The van der Waals surface area contributed by atoms with Crippen molar-refractivity contribution in [1.82, 2.24) is 5.32 Å². The van der Waals surface area contributed by atoms with Crippen LogP contribution in [0.15, 0.2) is 24.3 Å². The first-order chi connectivity index (χ1) is 9.95. The number of nitrogens with one attached hydrogen (secondary N) is 1. The number of carboxylic acid groups (broad SMARTS) is 1. The van der Waals surface area contributed by atoms with Crippen LogP contribution in [0.25, 0.3) is 0 Å². The van der Waals surface area contributed by atoms with E-state index >= 15 is 0 Å². The first-order valence-corrected chi connectivity index (χ1v) is 6.70. The third-order valence-corrected chi connectivity index (χ3v) is 3.02. The fourth-order valence-electron chi connectivity index (χ4n) is 1.92. The zero-order chi connectivity index (χ0) is 15.8. The standard InChI is InChI=1S/C14H18N2O5/c1-2-3-7-11(14(18)19)15-13(17)9-10-6-4-5-8-12(10)16(20)21/h4-6,8,11H,2-3,7,9H2,1H3,(H,15,17)(H,18,19). The van der Waals surface area contributed by atoms with Crippen molar-refractivity contribution >= 4 is 17.6 Å². The number of amides is 1. The molecule has 0 saturated carbocycles. The predicted molar refractivity (Wildman–Crippen MR) is 75.9 cm³/mol. The number of hydrogen-bond donors (Lipinski definition) is 2. The first-order valence-electron chi connectivity index (χ1n) is 6.70. The molecule has 0 aromatic heterocycles. The van der Waals surface area contributed by atoms with Crippen molar-refractivity contribution in [3.05, 3.63) is 39.9 Å². The third-order valence-electron chi connectivity index (χ3n) is 3.02. The van der Waals surface area contributed by atoms with Gasteiger partial charge in [0.25, 0.3) is 5.69 Å². The van der Waals surface area contributed by atoms with Gasteiger partial charge in [-0.15, -0.1) is 0 Å². The minimum Gasteiger partial charge on any atom is -0.480 e. The molecule has 21 heavy (non-hydrogen) atoms. The Kier molecular flexibility index (Phi) is 6.32. The Bertz CT molecular complexity index is 530. The van der Waals surface area contributed by atoms with Gasteiger partial charge in [0.15, 0.2) is 0 Å². The Balaban J connectivity index is 2.72. The minimum atomic E-state index is -1.10. The van der Waals surface area contributed by atoms with Gasteiger partial charge in [-0.25, -0.2) is 4.79 Å². The highest BCUT2D eigenvalue weighted by Crippen LogP contribution is 2.18. The number of rotatable bonds is 8. The normalized spacial score (nSPS) is 11.7. The number of nitro benzene ring substituents is 1. The van der Waals surface area contributed by atoms with Crippen LogP contribution in [0.4, 0.5) is 5.69 Å². The van der Waals surface area contributed by atoms with Gasteiger partial charge in [0.05, 0.1) is 11.3 Å². The largest absolute Gasteiger partial charge is 0.480 e. The number of nitro groups is 1. The quantitative estimate of drug-likeness (QED) is 0.562. The zero-order valence-corrected chi connectivity index (χ0v) is 11.7. The molecule has 0 aliphatic rings. The number of carbonyl (C=O) groups excluding carboxylic acids is 1. The van der Waals surface area contributed by atoms with Crippen LogP contribution < -0.4 is 5.32 Å². The van der Waals surface area contributed by atoms with Crippen LogP contribution in [0, 0.1) is 10.1 Å². The van der Waals surface area contributed by atoms with Crippen molar-refractivity contribution in [2.24, 2.45) is 0 Å². The number of benzene rings is 1. The molecule has 1 rings (SSSR count). The Morgan fingerprint density at radius 3 is 2.62 bits per heavy atom. The summed E-state index contributed by atoms with van der Waals surface area (Å²) in [6.45, 7) is 1.92. The van der Waals surface area contributed by atoms with Gasteiger partial charge in [0.1, 0.15) is 6.04 Å². The molecule has 0 bridgehead atoms. The molecule has 2 N–H and O–H groups in total. The third kappa shape index (κ3) is 5.21. The molecule has 0 fully saturated rings. The second kappa shape index (κ2) is 7.98. The lowest BCUT2D eigenvalue weighted by molar-refractivity contribution is -0.385. The van der Waals surface area contributed by atoms with E-state index in [1.54, 1.807) is 6.07 Å². The van der Waals surface area contributed by atoms with E-state index < -0.39 is 22.8 Å². The summed E-state index contributed by atoms with van der Waals surface area (Å²) in [7, 11) is 0. The van der Waals surface area contributed by atoms with Crippen LogP contribution in [-0.2, 0) is 16.0 Å². The summed E-state index contributed by atoms with van der Waals surface area (Å²) in [6.07, 6.45) is 1.63. The zero-order valence-electron chi connectivity index (χ0n) is 11.7. The fourth-order valence-corrected chi connectivity index (χ4v) is 1.92. The van der Waals surface area contributed by atoms with Gasteiger partial charge in [-0.3, -0.25) is 14.9 Å². The summed E-state index contributed by atoms with van der Waals surface area (Å²) >= 11 is 0. The van der Waals surface area contributed by atoms with Crippen LogP contribution in [0.1, 0.15) is 31.7 Å². The number of para-hydroxylation sites is 1. The van der Waals surface area contributed by atoms with Crippen LogP contribution in [0.2, 0.25) is 0 Å². The lowest BCUT2D eigenvalue weighted by Gasteiger charge is -2.14. The van der Waals surface area contributed by atoms with Gasteiger partial charge >= 0.3 is 5.97 Å². The van der Waals surface area contributed by atoms with Gasteiger partial charge < -0.3 is 10.4 Å². The average Bonchev–Trinajstić information content (AvgIpc) is 2.43. The number of unbranched alkanes of at least 4 members (excludes halogenated alkanes) is 1. The summed E-state index contributed by atoms with van der Waals surface area (Å²) < 4.78 is 0. The average molecular weight is 294 g/mol. The molecular formula is C14H18N2O5. The summed E-state index contributed by atoms with van der Waals surface area (Å²) in [5, 5.41) is 22.3. The number of carbonyl (C=O) groups is 2. The highest BCUT2D eigenvalue weighted by Gasteiger charge is 2.21. The number of carboxylic acids is 1. The Hall–Kier alpha value is -2.44. The molecule has 0 aliphatic heterocycles. The van der Waals surface area contributed by atoms with Crippen molar-refractivity contribution in [2.75, 3.05) is 0 Å². The predicted octanol–water partition coefficient (Wildman–Crippen LogP) is 1.90. The van der Waals surface area contributed by atoms with Crippen LogP contribution >= 0.6 is 0 Å². The van der Waals surface area contributed by atoms with Crippen molar-refractivity contribution in [2.45, 2.75) is 38.6 Å². The Labute approximate surface area is 122 Å². The summed E-state index contributed by atoms with van der Waals surface area (Å²) in [5.41, 5.74) is 0.118. The van der Waals surface area contributed by atoms with E-state index in [4.69, 9.17) is 5.11 Å². The molecule has 7 heteroatoms. The minimum absolute atomic E-state index is 0.145. The van der Waals surface area contributed by atoms with Crippen molar-refractivity contribution in [3.8, 4) is 0 Å². The molecule has 1 unspecified atom stereocenters. The van der Waals surface area contributed by atoms with E-state index in [-0.39, 0.29) is 17.7 Å². The molecule has 114 valence electrons. The summed E-state index contributed by atoms with van der Waals surface area (Å²) in [6, 6.07) is 4.95. The maximum absolute atomic E-state index is 11.9. The lowest BCUT2D eigenvalue weighted by atomic mass is 10.1. The molecule has 0 heterocycles. The van der Waals surface area contributed by atoms with E-state index in [9.17, 15) is 19.7 Å². The van der Waals surface area contributed by atoms with E-state index in [0.717, 1.165) is 6.42 Å². The first kappa shape index (κ1) is 16.6. The van der Waals surface area contributed by atoms with Crippen molar-refractivity contribution < 1.29 is 19.6 Å². The second-order valence-corrected chi connectivity index (χ2v) is 4.66. The monoisotopic (exact) mass is 294 g/mol. The molecule has 0 radical (unpaired) electrons. The lowest BCUT2D eigenvalue weighted by Crippen LogP contribution is -2.41. The van der Waals surface area contributed by atoms with Crippen LogP contribution in [0.5, 0.6) is 0 Å². The summed E-state index contributed by atoms with van der Waals surface area (Å²) in [5.74, 6) is -1.63. The van der Waals surface area contributed by atoms with Crippen molar-refractivity contribution in [1.29, 1.82) is 0 Å². The van der Waals surface area contributed by atoms with Gasteiger partial charge in [-0.05, 0) is 6.42 Å². The molecule has 1 atom stereocenters. The number of nitrogens with zero attached hydrogens (tertiary/aromatic N) is 1. The molecule has 0 spiro atoms. The van der Waals surface area contributed by atoms with Gasteiger partial charge in [-0.1, -0.05) is 38.0 Å². The van der Waals surface area contributed by atoms with E-state index in [1.165, 1.54) is 18.2 Å². The van der Waals surface area contributed by atoms with Gasteiger partial charge in [-0.2, -0.15) is 0 Å². The smallest absolute Gasteiger partial charge is 0.326 e. The van der Waals surface area contributed by atoms with Crippen LogP contribution in [-0.4, -0.2) is 27.9 Å². The second-order valence-electron chi connectivity index (χ2n) is 4.66. The molecule has 1 aromatic rings. The molecule has 7 nitrogen and oxygen atoms in total. The highest BCUT2D eigenvalue weighted by molar-refractivity contribution is 5.85. The molecule has 0 aliphatic carbocycles. The Morgan fingerprint density at radius 1 is 1.38 bits per heavy atom. The van der Waals surface area contributed by atoms with E-state index in [1.807, 2.05) is 6.92 Å². The molecule has 1 amide bonds. The molecular weight excluding hydrogens is 276 g/mol. The molecule has 1 aromatic carbocycles. The SMILES string of the molecule is CCCCC(NC(=O)Cc1ccccc1[N+](=O)[O-])C(=O)O. The topological polar surface area (TPSA) is 110 Å². The Morgan fingerprint density at radius 2 is 2.05 bits per heavy atom. The molecule has 0 saturated heterocycles. The fraction of sp³-hybridized carbons (Fsp3) is 0.429. The van der Waals surface area contributed by atoms with E-state index in [0.29, 0.717) is 12.8 Å². The summed E-state index contributed by atoms with van der Waals surface area (Å²) in [4.78, 5) is 33.2. The maximum Gasteiger partial charge on any atom is 0.326 e. The maximum atomic E-state index is 11.9. The van der Waals surface area contributed by atoms with Gasteiger partial charge in [0.2, 0.25) is 5.91 Å². The van der Waals surface area contributed by atoms with Crippen LogP contribution in [0.3, 0.4) is 0 Å². The van der Waals surface area contributed by atoms with Crippen molar-refractivity contribution in [3.63, 3.8) is 0 Å².